The molecule has 0 spiro atoms. The molecule has 1 heterocycles. The average molecular weight is 299 g/mol. The van der Waals surface area contributed by atoms with E-state index in [0.717, 1.165) is 22.5 Å². The standard InChI is InChI=1S/C11H13N3O5S/c1-12(2)5-6-13-11(15)9-7-8(14(16)17)3-4-10(9)20(13,18)19/h3-4,7H,5-6H2,1-2H3. The number of amides is 1. The lowest BCUT2D eigenvalue weighted by molar-refractivity contribution is -0.384. The molecule has 0 saturated heterocycles. The quantitative estimate of drug-likeness (QED) is 0.585. The highest BCUT2D eigenvalue weighted by atomic mass is 32.2. The predicted molar refractivity (Wildman–Crippen MR) is 69.9 cm³/mol. The minimum absolute atomic E-state index is 0.0106. The van der Waals surface area contributed by atoms with Gasteiger partial charge in [-0.15, -0.1) is 0 Å². The van der Waals surface area contributed by atoms with Gasteiger partial charge in [-0.3, -0.25) is 14.9 Å². The Balaban J connectivity index is 2.45. The Hall–Kier alpha value is -2.00. The Bertz CT molecular complexity index is 683. The predicted octanol–water partition coefficient (Wildman–Crippen LogP) is 0.301. The molecular formula is C11H13N3O5S. The van der Waals surface area contributed by atoms with Crippen molar-refractivity contribution in [2.45, 2.75) is 4.90 Å². The Labute approximate surface area is 115 Å². The number of benzene rings is 1. The molecule has 1 aliphatic heterocycles. The number of carbonyl (C=O) groups excluding carboxylic acids is 1. The monoisotopic (exact) mass is 299 g/mol. The van der Waals surface area contributed by atoms with Crippen molar-refractivity contribution in [2.24, 2.45) is 0 Å². The molecule has 0 bridgehead atoms. The summed E-state index contributed by atoms with van der Waals surface area (Å²) >= 11 is 0. The normalized spacial score (nSPS) is 16.6. The molecule has 1 aromatic rings. The van der Waals surface area contributed by atoms with E-state index >= 15 is 0 Å². The first-order chi connectivity index (χ1) is 9.25. The number of hydrogen-bond donors (Lipinski definition) is 0. The van der Waals surface area contributed by atoms with Crippen LogP contribution < -0.4 is 0 Å². The lowest BCUT2D eigenvalue weighted by Gasteiger charge is -2.17. The molecule has 0 N–H and O–H groups in total. The lowest BCUT2D eigenvalue weighted by Crippen LogP contribution is -2.36. The van der Waals surface area contributed by atoms with Crippen LogP contribution >= 0.6 is 0 Å². The van der Waals surface area contributed by atoms with Crippen molar-refractivity contribution in [1.82, 2.24) is 9.21 Å². The third-order valence-electron chi connectivity index (χ3n) is 2.95. The van der Waals surface area contributed by atoms with Crippen LogP contribution in [-0.4, -0.2) is 55.6 Å². The van der Waals surface area contributed by atoms with Crippen LogP contribution in [-0.2, 0) is 10.0 Å². The van der Waals surface area contributed by atoms with E-state index < -0.39 is 20.9 Å². The van der Waals surface area contributed by atoms with Crippen molar-refractivity contribution >= 4 is 21.6 Å². The van der Waals surface area contributed by atoms with Gasteiger partial charge in [0.25, 0.3) is 21.6 Å². The fourth-order valence-corrected chi connectivity index (χ4v) is 3.44. The molecule has 0 aliphatic carbocycles. The number of fused-ring (bicyclic) bond motifs is 1. The molecule has 8 nitrogen and oxygen atoms in total. The largest absolute Gasteiger partial charge is 0.308 e. The first-order valence-corrected chi connectivity index (χ1v) is 7.19. The van der Waals surface area contributed by atoms with Crippen LogP contribution in [0.3, 0.4) is 0 Å². The zero-order chi connectivity index (χ0) is 15.1. The van der Waals surface area contributed by atoms with Crippen molar-refractivity contribution in [3.63, 3.8) is 0 Å². The molecule has 108 valence electrons. The molecule has 0 atom stereocenters. The Morgan fingerprint density at radius 2 is 2.00 bits per heavy atom. The minimum atomic E-state index is -3.90. The molecule has 1 aliphatic rings. The fourth-order valence-electron chi connectivity index (χ4n) is 1.90. The SMILES string of the molecule is CN(C)CCN1C(=O)c2cc([N+](=O)[O-])ccc2S1(=O)=O. The van der Waals surface area contributed by atoms with E-state index in [1.54, 1.807) is 19.0 Å². The molecule has 1 amide bonds. The molecular weight excluding hydrogens is 286 g/mol. The molecule has 2 rings (SSSR count). The molecule has 0 radical (unpaired) electrons. The molecule has 0 fully saturated rings. The molecule has 9 heteroatoms. The number of nitro groups is 1. The maximum absolute atomic E-state index is 12.2. The van der Waals surface area contributed by atoms with E-state index in [9.17, 15) is 23.3 Å². The second-order valence-electron chi connectivity index (χ2n) is 4.62. The fraction of sp³-hybridized carbons (Fsp3) is 0.364. The number of nitrogens with zero attached hydrogens (tertiary/aromatic N) is 3. The van der Waals surface area contributed by atoms with E-state index in [-0.39, 0.29) is 22.7 Å². The van der Waals surface area contributed by atoms with Crippen molar-refractivity contribution in [2.75, 3.05) is 27.2 Å². The molecule has 20 heavy (non-hydrogen) atoms. The maximum atomic E-state index is 12.2. The molecule has 0 aromatic heterocycles. The molecule has 1 aromatic carbocycles. The van der Waals surface area contributed by atoms with Crippen LogP contribution in [0.1, 0.15) is 10.4 Å². The zero-order valence-corrected chi connectivity index (χ0v) is 11.8. The number of carbonyl (C=O) groups is 1. The summed E-state index contributed by atoms with van der Waals surface area (Å²) < 4.78 is 25.2. The summed E-state index contributed by atoms with van der Waals surface area (Å²) in [5.74, 6) is -0.717. The van der Waals surface area contributed by atoms with Crippen LogP contribution in [0, 0.1) is 10.1 Å². The number of rotatable bonds is 4. The highest BCUT2D eigenvalue weighted by molar-refractivity contribution is 7.90. The third-order valence-corrected chi connectivity index (χ3v) is 4.79. The van der Waals surface area contributed by atoms with Gasteiger partial charge in [-0.25, -0.2) is 12.7 Å². The van der Waals surface area contributed by atoms with Crippen molar-refractivity contribution in [1.29, 1.82) is 0 Å². The summed E-state index contributed by atoms with van der Waals surface area (Å²) in [5, 5.41) is 10.7. The van der Waals surface area contributed by atoms with Gasteiger partial charge in [0.05, 0.1) is 17.0 Å². The second kappa shape index (κ2) is 4.84. The summed E-state index contributed by atoms with van der Waals surface area (Å²) in [4.78, 5) is 23.7. The minimum Gasteiger partial charge on any atom is -0.308 e. The highest BCUT2D eigenvalue weighted by Gasteiger charge is 2.41. The molecule has 0 unspecified atom stereocenters. The van der Waals surface area contributed by atoms with Crippen molar-refractivity contribution in [3.8, 4) is 0 Å². The summed E-state index contributed by atoms with van der Waals surface area (Å²) in [6.45, 7) is 0.387. The number of likely N-dealkylation sites (N-methyl/N-ethyl adjacent to an activating group) is 1. The van der Waals surface area contributed by atoms with Crippen molar-refractivity contribution < 1.29 is 18.1 Å². The Morgan fingerprint density at radius 1 is 1.35 bits per heavy atom. The van der Waals surface area contributed by atoms with Gasteiger partial charge < -0.3 is 4.90 Å². The van der Waals surface area contributed by atoms with Crippen LogP contribution in [0.25, 0.3) is 0 Å². The van der Waals surface area contributed by atoms with Crippen LogP contribution in [0.4, 0.5) is 5.69 Å². The van der Waals surface area contributed by atoms with Crippen molar-refractivity contribution in [3.05, 3.63) is 33.9 Å². The first-order valence-electron chi connectivity index (χ1n) is 5.75. The van der Waals surface area contributed by atoms with E-state index in [2.05, 4.69) is 0 Å². The van der Waals surface area contributed by atoms with E-state index in [4.69, 9.17) is 0 Å². The van der Waals surface area contributed by atoms with Gasteiger partial charge in [0.1, 0.15) is 4.90 Å². The number of non-ortho nitro benzene ring substituents is 1. The third kappa shape index (κ3) is 2.25. The van der Waals surface area contributed by atoms with Gasteiger partial charge in [-0.2, -0.15) is 0 Å². The number of sulfonamides is 1. The van der Waals surface area contributed by atoms with E-state index in [1.165, 1.54) is 0 Å². The average Bonchev–Trinajstić information content (AvgIpc) is 2.55. The summed E-state index contributed by atoms with van der Waals surface area (Å²) in [7, 11) is -0.389. The molecule has 0 saturated carbocycles. The van der Waals surface area contributed by atoms with Crippen LogP contribution in [0.2, 0.25) is 0 Å². The van der Waals surface area contributed by atoms with Gasteiger partial charge >= 0.3 is 0 Å². The zero-order valence-electron chi connectivity index (χ0n) is 10.9. The Kier molecular flexibility index (Phi) is 3.48. The summed E-state index contributed by atoms with van der Waals surface area (Å²) in [5.41, 5.74) is -0.445. The van der Waals surface area contributed by atoms with Crippen LogP contribution in [0.5, 0.6) is 0 Å². The van der Waals surface area contributed by atoms with E-state index in [0.29, 0.717) is 6.54 Å². The van der Waals surface area contributed by atoms with Gasteiger partial charge in [0, 0.05) is 18.7 Å². The smallest absolute Gasteiger partial charge is 0.270 e. The summed E-state index contributed by atoms with van der Waals surface area (Å²) in [6.07, 6.45) is 0. The highest BCUT2D eigenvalue weighted by Crippen LogP contribution is 2.32. The topological polar surface area (TPSA) is 101 Å². The summed E-state index contributed by atoms with van der Waals surface area (Å²) in [6, 6.07) is 3.19. The number of hydrogen-bond acceptors (Lipinski definition) is 6. The number of nitro benzene ring substituents is 1. The first kappa shape index (κ1) is 14.4. The van der Waals surface area contributed by atoms with Gasteiger partial charge in [-0.1, -0.05) is 0 Å². The van der Waals surface area contributed by atoms with Gasteiger partial charge in [-0.05, 0) is 20.2 Å². The van der Waals surface area contributed by atoms with Crippen LogP contribution in [0.15, 0.2) is 23.1 Å². The Morgan fingerprint density at radius 3 is 2.55 bits per heavy atom. The van der Waals surface area contributed by atoms with E-state index in [1.807, 2.05) is 0 Å². The van der Waals surface area contributed by atoms with Gasteiger partial charge in [0.2, 0.25) is 0 Å². The van der Waals surface area contributed by atoms with Gasteiger partial charge in [0.15, 0.2) is 0 Å². The maximum Gasteiger partial charge on any atom is 0.270 e. The lowest BCUT2D eigenvalue weighted by atomic mass is 10.2. The second-order valence-corrected chi connectivity index (χ2v) is 6.45.